The summed E-state index contributed by atoms with van der Waals surface area (Å²) in [5, 5.41) is 3.51. The standard InChI is InChI=1S/C15H19NOS/c1-13(12-14-6-5-10-17-14)16-9-11-18-15-7-3-2-4-8-15/h2-8,10,13,16H,9,11-12H2,1H3. The average Bonchev–Trinajstić information content (AvgIpc) is 2.89. The van der Waals surface area contributed by atoms with Crippen LogP contribution in [0.3, 0.4) is 0 Å². The van der Waals surface area contributed by atoms with Crippen LogP contribution in [-0.4, -0.2) is 18.3 Å². The molecule has 96 valence electrons. The summed E-state index contributed by atoms with van der Waals surface area (Å²) in [6, 6.07) is 14.9. The van der Waals surface area contributed by atoms with Crippen LogP contribution in [0.4, 0.5) is 0 Å². The third-order valence-electron chi connectivity index (χ3n) is 2.69. The van der Waals surface area contributed by atoms with Crippen molar-refractivity contribution in [3.8, 4) is 0 Å². The van der Waals surface area contributed by atoms with Crippen molar-refractivity contribution in [2.75, 3.05) is 12.3 Å². The molecule has 1 atom stereocenters. The summed E-state index contributed by atoms with van der Waals surface area (Å²) in [5.41, 5.74) is 0. The lowest BCUT2D eigenvalue weighted by Crippen LogP contribution is -2.29. The van der Waals surface area contributed by atoms with Gasteiger partial charge in [-0.25, -0.2) is 0 Å². The molecule has 1 unspecified atom stereocenters. The van der Waals surface area contributed by atoms with Gasteiger partial charge in [-0.3, -0.25) is 0 Å². The minimum Gasteiger partial charge on any atom is -0.469 e. The smallest absolute Gasteiger partial charge is 0.105 e. The predicted molar refractivity (Wildman–Crippen MR) is 77.0 cm³/mol. The maximum atomic E-state index is 5.33. The molecule has 2 rings (SSSR count). The van der Waals surface area contributed by atoms with E-state index >= 15 is 0 Å². The fourth-order valence-electron chi connectivity index (χ4n) is 1.79. The zero-order valence-electron chi connectivity index (χ0n) is 10.6. The Morgan fingerprint density at radius 3 is 2.72 bits per heavy atom. The van der Waals surface area contributed by atoms with E-state index in [-0.39, 0.29) is 0 Å². The monoisotopic (exact) mass is 261 g/mol. The number of benzene rings is 1. The molecule has 1 N–H and O–H groups in total. The second-order valence-electron chi connectivity index (χ2n) is 4.30. The van der Waals surface area contributed by atoms with Gasteiger partial charge >= 0.3 is 0 Å². The molecule has 0 amide bonds. The molecule has 3 heteroatoms. The molecule has 2 nitrogen and oxygen atoms in total. The van der Waals surface area contributed by atoms with Crippen LogP contribution in [0, 0.1) is 0 Å². The second-order valence-corrected chi connectivity index (χ2v) is 5.47. The van der Waals surface area contributed by atoms with Crippen LogP contribution >= 0.6 is 11.8 Å². The van der Waals surface area contributed by atoms with Crippen LogP contribution in [0.5, 0.6) is 0 Å². The Hall–Kier alpha value is -1.19. The van der Waals surface area contributed by atoms with E-state index in [9.17, 15) is 0 Å². The SMILES string of the molecule is CC(Cc1ccco1)NCCSc1ccccc1. The largest absolute Gasteiger partial charge is 0.469 e. The van der Waals surface area contributed by atoms with E-state index in [1.54, 1.807) is 6.26 Å². The Labute approximate surface area is 113 Å². The van der Waals surface area contributed by atoms with E-state index in [2.05, 4.69) is 36.5 Å². The van der Waals surface area contributed by atoms with Crippen LogP contribution in [0.1, 0.15) is 12.7 Å². The van der Waals surface area contributed by atoms with Crippen molar-refractivity contribution >= 4 is 11.8 Å². The zero-order valence-corrected chi connectivity index (χ0v) is 11.5. The van der Waals surface area contributed by atoms with Crippen LogP contribution in [0.15, 0.2) is 58.0 Å². The Morgan fingerprint density at radius 2 is 2.00 bits per heavy atom. The topological polar surface area (TPSA) is 25.2 Å². The highest BCUT2D eigenvalue weighted by Crippen LogP contribution is 2.15. The Balaban J connectivity index is 1.60. The first-order valence-corrected chi connectivity index (χ1v) is 7.27. The van der Waals surface area contributed by atoms with Crippen LogP contribution in [0.2, 0.25) is 0 Å². The molecule has 0 spiro atoms. The third kappa shape index (κ3) is 4.59. The molecule has 0 saturated heterocycles. The molecule has 18 heavy (non-hydrogen) atoms. The van der Waals surface area contributed by atoms with Gasteiger partial charge in [-0.15, -0.1) is 11.8 Å². The van der Waals surface area contributed by atoms with Crippen molar-refractivity contribution in [1.82, 2.24) is 5.32 Å². The quantitative estimate of drug-likeness (QED) is 0.609. The molecule has 0 radical (unpaired) electrons. The van der Waals surface area contributed by atoms with Crippen LogP contribution in [-0.2, 0) is 6.42 Å². The molecule has 0 aliphatic heterocycles. The number of thioether (sulfide) groups is 1. The number of hydrogen-bond acceptors (Lipinski definition) is 3. The Morgan fingerprint density at radius 1 is 1.17 bits per heavy atom. The van der Waals surface area contributed by atoms with E-state index in [1.165, 1.54) is 4.90 Å². The molecule has 0 bridgehead atoms. The Bertz CT molecular complexity index is 427. The lowest BCUT2D eigenvalue weighted by atomic mass is 10.2. The molecule has 1 aromatic heterocycles. The summed E-state index contributed by atoms with van der Waals surface area (Å²) in [4.78, 5) is 1.33. The van der Waals surface area contributed by atoms with Crippen molar-refractivity contribution in [2.45, 2.75) is 24.3 Å². The average molecular weight is 261 g/mol. The lowest BCUT2D eigenvalue weighted by Gasteiger charge is -2.12. The molecule has 0 saturated carbocycles. The number of nitrogens with one attached hydrogen (secondary N) is 1. The Kier molecular flexibility index (Phi) is 5.36. The summed E-state index contributed by atoms with van der Waals surface area (Å²) >= 11 is 1.88. The molecule has 0 aliphatic rings. The third-order valence-corrected chi connectivity index (χ3v) is 3.71. The van der Waals surface area contributed by atoms with Gasteiger partial charge in [-0.2, -0.15) is 0 Å². The van der Waals surface area contributed by atoms with Crippen molar-refractivity contribution < 1.29 is 4.42 Å². The van der Waals surface area contributed by atoms with E-state index in [0.717, 1.165) is 24.5 Å². The van der Waals surface area contributed by atoms with Crippen molar-refractivity contribution in [2.24, 2.45) is 0 Å². The fraction of sp³-hybridized carbons (Fsp3) is 0.333. The first-order chi connectivity index (χ1) is 8.84. The lowest BCUT2D eigenvalue weighted by molar-refractivity contribution is 0.463. The van der Waals surface area contributed by atoms with Gasteiger partial charge in [0, 0.05) is 29.7 Å². The highest BCUT2D eigenvalue weighted by molar-refractivity contribution is 7.99. The van der Waals surface area contributed by atoms with Crippen LogP contribution < -0.4 is 5.32 Å². The second kappa shape index (κ2) is 7.29. The zero-order chi connectivity index (χ0) is 12.6. The fourth-order valence-corrected chi connectivity index (χ4v) is 2.60. The van der Waals surface area contributed by atoms with Gasteiger partial charge in [0.2, 0.25) is 0 Å². The molecular weight excluding hydrogens is 242 g/mol. The summed E-state index contributed by atoms with van der Waals surface area (Å²) in [6.45, 7) is 3.21. The summed E-state index contributed by atoms with van der Waals surface area (Å²) in [5.74, 6) is 2.14. The van der Waals surface area contributed by atoms with E-state index < -0.39 is 0 Å². The van der Waals surface area contributed by atoms with Crippen molar-refractivity contribution in [1.29, 1.82) is 0 Å². The molecular formula is C15H19NOS. The molecule has 0 fully saturated rings. The van der Waals surface area contributed by atoms with Gasteiger partial charge < -0.3 is 9.73 Å². The molecule has 1 heterocycles. The first-order valence-electron chi connectivity index (χ1n) is 6.28. The van der Waals surface area contributed by atoms with Gasteiger partial charge in [0.25, 0.3) is 0 Å². The highest BCUT2D eigenvalue weighted by Gasteiger charge is 2.04. The van der Waals surface area contributed by atoms with Gasteiger partial charge in [0.1, 0.15) is 5.76 Å². The molecule has 0 aliphatic carbocycles. The van der Waals surface area contributed by atoms with Gasteiger partial charge in [-0.05, 0) is 31.2 Å². The predicted octanol–water partition coefficient (Wildman–Crippen LogP) is 3.59. The number of hydrogen-bond donors (Lipinski definition) is 1. The minimum atomic E-state index is 0.451. The molecule has 1 aromatic carbocycles. The van der Waals surface area contributed by atoms with Gasteiger partial charge in [0.05, 0.1) is 6.26 Å². The summed E-state index contributed by atoms with van der Waals surface area (Å²) < 4.78 is 5.33. The van der Waals surface area contributed by atoms with Crippen molar-refractivity contribution in [3.05, 3.63) is 54.5 Å². The summed E-state index contributed by atoms with van der Waals surface area (Å²) in [6.07, 6.45) is 2.68. The van der Waals surface area contributed by atoms with E-state index in [0.29, 0.717) is 6.04 Å². The van der Waals surface area contributed by atoms with E-state index in [1.807, 2.05) is 30.0 Å². The number of furan rings is 1. The highest BCUT2D eigenvalue weighted by atomic mass is 32.2. The van der Waals surface area contributed by atoms with Gasteiger partial charge in [0.15, 0.2) is 0 Å². The van der Waals surface area contributed by atoms with Gasteiger partial charge in [-0.1, -0.05) is 18.2 Å². The maximum absolute atomic E-state index is 5.33. The normalized spacial score (nSPS) is 12.5. The van der Waals surface area contributed by atoms with E-state index in [4.69, 9.17) is 4.42 Å². The first kappa shape index (κ1) is 13.2. The maximum Gasteiger partial charge on any atom is 0.105 e. The van der Waals surface area contributed by atoms with Crippen molar-refractivity contribution in [3.63, 3.8) is 0 Å². The minimum absolute atomic E-state index is 0.451. The van der Waals surface area contributed by atoms with Crippen LogP contribution in [0.25, 0.3) is 0 Å². The molecule has 2 aromatic rings. The summed E-state index contributed by atoms with van der Waals surface area (Å²) in [7, 11) is 0. The number of rotatable bonds is 7.